The molecule has 0 radical (unpaired) electrons. The number of rotatable bonds is 5. The summed E-state index contributed by atoms with van der Waals surface area (Å²) in [4.78, 5) is 23.6. The van der Waals surface area contributed by atoms with Gasteiger partial charge in [-0.2, -0.15) is 0 Å². The van der Waals surface area contributed by atoms with Gasteiger partial charge in [0.1, 0.15) is 6.04 Å². The van der Waals surface area contributed by atoms with Crippen molar-refractivity contribution in [2.24, 2.45) is 0 Å². The quantitative estimate of drug-likeness (QED) is 0.773. The Labute approximate surface area is 107 Å². The molecule has 6 heteroatoms. The van der Waals surface area contributed by atoms with Gasteiger partial charge in [-0.15, -0.1) is 0 Å². The third-order valence-electron chi connectivity index (χ3n) is 3.28. The Kier molecular flexibility index (Phi) is 5.91. The largest absolute Gasteiger partial charge is 0.480 e. The number of carbonyl (C=O) groups is 2. The van der Waals surface area contributed by atoms with Gasteiger partial charge in [-0.3, -0.25) is 0 Å². The average Bonchev–Trinajstić information content (AvgIpc) is 2.38. The fourth-order valence-electron chi connectivity index (χ4n) is 1.84. The Hall–Kier alpha value is -1.30. The van der Waals surface area contributed by atoms with Crippen molar-refractivity contribution >= 4 is 12.0 Å². The smallest absolute Gasteiger partial charge is 0.326 e. The number of nitrogens with zero attached hydrogens (tertiary/aromatic N) is 1. The van der Waals surface area contributed by atoms with E-state index >= 15 is 0 Å². The van der Waals surface area contributed by atoms with Crippen LogP contribution in [-0.2, 0) is 9.53 Å². The van der Waals surface area contributed by atoms with Crippen LogP contribution in [0.15, 0.2) is 0 Å². The van der Waals surface area contributed by atoms with Crippen molar-refractivity contribution in [3.63, 3.8) is 0 Å². The molecule has 2 N–H and O–H groups in total. The molecule has 6 nitrogen and oxygen atoms in total. The van der Waals surface area contributed by atoms with Crippen molar-refractivity contribution < 1.29 is 19.4 Å². The normalized spacial score (nSPS) is 21.1. The summed E-state index contributed by atoms with van der Waals surface area (Å²) < 4.78 is 5.55. The van der Waals surface area contributed by atoms with Crippen LogP contribution in [0.2, 0.25) is 0 Å². The number of amides is 2. The zero-order valence-electron chi connectivity index (χ0n) is 11.0. The Morgan fingerprint density at radius 1 is 1.50 bits per heavy atom. The first-order chi connectivity index (χ1) is 8.52. The maximum absolute atomic E-state index is 11.6. The van der Waals surface area contributed by atoms with Gasteiger partial charge in [0.05, 0.1) is 6.10 Å². The summed E-state index contributed by atoms with van der Waals surface area (Å²) in [5, 5.41) is 11.5. The fraction of sp³-hybridized carbons (Fsp3) is 0.833. The van der Waals surface area contributed by atoms with E-state index < -0.39 is 12.0 Å². The summed E-state index contributed by atoms with van der Waals surface area (Å²) in [7, 11) is 1.48. The Morgan fingerprint density at radius 2 is 2.22 bits per heavy atom. The summed E-state index contributed by atoms with van der Waals surface area (Å²) in [6, 6.07) is -1.18. The van der Waals surface area contributed by atoms with Crippen LogP contribution >= 0.6 is 0 Å². The second-order valence-corrected chi connectivity index (χ2v) is 4.63. The number of hydrogen-bond donors (Lipinski definition) is 2. The van der Waals surface area contributed by atoms with E-state index in [0.717, 1.165) is 25.9 Å². The number of nitrogens with one attached hydrogen (secondary N) is 1. The lowest BCUT2D eigenvalue weighted by Gasteiger charge is -2.24. The Bertz CT molecular complexity index is 290. The minimum absolute atomic E-state index is 0.223. The Balaban J connectivity index is 2.21. The molecular weight excluding hydrogens is 236 g/mol. The number of carboxylic acids is 1. The van der Waals surface area contributed by atoms with E-state index in [9.17, 15) is 9.59 Å². The molecule has 1 rings (SSSR count). The third-order valence-corrected chi connectivity index (χ3v) is 3.28. The summed E-state index contributed by atoms with van der Waals surface area (Å²) in [5.74, 6) is -1.01. The molecule has 1 saturated heterocycles. The van der Waals surface area contributed by atoms with Gasteiger partial charge >= 0.3 is 12.0 Å². The highest BCUT2D eigenvalue weighted by Gasteiger charge is 2.21. The maximum Gasteiger partial charge on any atom is 0.326 e. The van der Waals surface area contributed by atoms with Gasteiger partial charge in [-0.25, -0.2) is 9.59 Å². The Morgan fingerprint density at radius 3 is 2.78 bits per heavy atom. The number of carbonyl (C=O) groups excluding carboxylic acids is 1. The van der Waals surface area contributed by atoms with Crippen LogP contribution in [0.25, 0.3) is 0 Å². The minimum atomic E-state index is -1.01. The van der Waals surface area contributed by atoms with Crippen LogP contribution in [0, 0.1) is 0 Å². The standard InChI is InChI=1S/C12H22N2O4/c1-9(11(15)16)14(2)12(17)13-7-6-10-5-3-4-8-18-10/h9-10H,3-8H2,1-2H3,(H,13,17)(H,15,16). The van der Waals surface area contributed by atoms with Gasteiger partial charge in [-0.1, -0.05) is 0 Å². The average molecular weight is 258 g/mol. The van der Waals surface area contributed by atoms with Crippen molar-refractivity contribution in [2.75, 3.05) is 20.2 Å². The van der Waals surface area contributed by atoms with Crippen molar-refractivity contribution in [1.29, 1.82) is 0 Å². The van der Waals surface area contributed by atoms with Crippen molar-refractivity contribution in [3.8, 4) is 0 Å². The molecule has 0 aromatic heterocycles. The minimum Gasteiger partial charge on any atom is -0.480 e. The summed E-state index contributed by atoms with van der Waals surface area (Å²) in [5.41, 5.74) is 0. The van der Waals surface area contributed by atoms with Crippen LogP contribution in [0.3, 0.4) is 0 Å². The first-order valence-electron chi connectivity index (χ1n) is 6.37. The highest BCUT2D eigenvalue weighted by atomic mass is 16.5. The molecule has 0 spiro atoms. The zero-order chi connectivity index (χ0) is 13.5. The molecule has 1 heterocycles. The highest BCUT2D eigenvalue weighted by molar-refractivity contribution is 5.82. The van der Waals surface area contributed by atoms with Gasteiger partial charge in [0.15, 0.2) is 0 Å². The second kappa shape index (κ2) is 7.20. The molecule has 1 aliphatic heterocycles. The molecule has 104 valence electrons. The molecular formula is C12H22N2O4. The van der Waals surface area contributed by atoms with E-state index in [1.54, 1.807) is 0 Å². The molecule has 18 heavy (non-hydrogen) atoms. The van der Waals surface area contributed by atoms with Gasteiger partial charge < -0.3 is 20.1 Å². The van der Waals surface area contributed by atoms with Crippen molar-refractivity contribution in [2.45, 2.75) is 44.8 Å². The highest BCUT2D eigenvalue weighted by Crippen LogP contribution is 2.14. The number of urea groups is 1. The first kappa shape index (κ1) is 14.8. The second-order valence-electron chi connectivity index (χ2n) is 4.63. The predicted molar refractivity (Wildman–Crippen MR) is 66.5 cm³/mol. The SMILES string of the molecule is CC(C(=O)O)N(C)C(=O)NCCC1CCCCO1. The van der Waals surface area contributed by atoms with E-state index in [-0.39, 0.29) is 12.1 Å². The number of likely N-dealkylation sites (N-methyl/N-ethyl adjacent to an activating group) is 1. The van der Waals surface area contributed by atoms with Crippen LogP contribution < -0.4 is 5.32 Å². The molecule has 0 aromatic rings. The molecule has 2 atom stereocenters. The molecule has 1 aliphatic rings. The van der Waals surface area contributed by atoms with E-state index in [2.05, 4.69) is 5.32 Å². The number of aliphatic carboxylic acids is 1. The van der Waals surface area contributed by atoms with E-state index in [1.165, 1.54) is 25.3 Å². The van der Waals surface area contributed by atoms with Crippen LogP contribution in [0.5, 0.6) is 0 Å². The van der Waals surface area contributed by atoms with Gasteiger partial charge in [0, 0.05) is 20.2 Å². The molecule has 0 aliphatic carbocycles. The number of ether oxygens (including phenoxy) is 1. The van der Waals surface area contributed by atoms with Crippen LogP contribution in [-0.4, -0.2) is 54.4 Å². The molecule has 0 saturated carbocycles. The van der Waals surface area contributed by atoms with Gasteiger partial charge in [-0.05, 0) is 32.6 Å². The van der Waals surface area contributed by atoms with Crippen molar-refractivity contribution in [1.82, 2.24) is 10.2 Å². The lowest BCUT2D eigenvalue weighted by Crippen LogP contribution is -2.46. The molecule has 2 amide bonds. The van der Waals surface area contributed by atoms with E-state index in [1.807, 2.05) is 0 Å². The zero-order valence-corrected chi connectivity index (χ0v) is 11.0. The van der Waals surface area contributed by atoms with E-state index in [0.29, 0.717) is 6.54 Å². The van der Waals surface area contributed by atoms with Crippen LogP contribution in [0.4, 0.5) is 4.79 Å². The van der Waals surface area contributed by atoms with Gasteiger partial charge in [0.2, 0.25) is 0 Å². The first-order valence-corrected chi connectivity index (χ1v) is 6.37. The lowest BCUT2D eigenvalue weighted by molar-refractivity contribution is -0.141. The van der Waals surface area contributed by atoms with Gasteiger partial charge in [0.25, 0.3) is 0 Å². The van der Waals surface area contributed by atoms with E-state index in [4.69, 9.17) is 9.84 Å². The molecule has 0 bridgehead atoms. The predicted octanol–water partition coefficient (Wildman–Crippen LogP) is 1.06. The molecule has 2 unspecified atom stereocenters. The third kappa shape index (κ3) is 4.52. The van der Waals surface area contributed by atoms with Crippen molar-refractivity contribution in [3.05, 3.63) is 0 Å². The monoisotopic (exact) mass is 258 g/mol. The summed E-state index contributed by atoms with van der Waals surface area (Å²) in [6.07, 6.45) is 4.33. The topological polar surface area (TPSA) is 78.9 Å². The number of carboxylic acid groups (broad SMARTS) is 1. The molecule has 1 fully saturated rings. The number of hydrogen-bond acceptors (Lipinski definition) is 3. The van der Waals surface area contributed by atoms with Crippen LogP contribution in [0.1, 0.15) is 32.6 Å². The lowest BCUT2D eigenvalue weighted by atomic mass is 10.1. The summed E-state index contributed by atoms with van der Waals surface area (Å²) >= 11 is 0. The fourth-order valence-corrected chi connectivity index (χ4v) is 1.84. The summed E-state index contributed by atoms with van der Waals surface area (Å²) in [6.45, 7) is 2.79. The maximum atomic E-state index is 11.6. The molecule has 0 aromatic carbocycles.